The number of aromatic hydroxyl groups is 1. The Morgan fingerprint density at radius 3 is 2.61 bits per heavy atom. The molecule has 3 unspecified atom stereocenters. The van der Waals surface area contributed by atoms with Crippen molar-refractivity contribution in [2.75, 3.05) is 0 Å². The molecular formula is C25H32N2O6. The molecule has 1 aromatic rings. The number of nitro benzene ring substituents is 1. The van der Waals surface area contributed by atoms with E-state index >= 15 is 0 Å². The van der Waals surface area contributed by atoms with Crippen molar-refractivity contribution in [1.82, 2.24) is 5.32 Å². The number of nitrogens with zero attached hydrogens (tertiary/aromatic N) is 1. The average molecular weight is 457 g/mol. The summed E-state index contributed by atoms with van der Waals surface area (Å²) in [7, 11) is 0. The number of hydrogen-bond acceptors (Lipinski definition) is 7. The van der Waals surface area contributed by atoms with Crippen molar-refractivity contribution in [1.29, 1.82) is 0 Å². The molecule has 178 valence electrons. The molecule has 1 aliphatic heterocycles. The predicted molar refractivity (Wildman–Crippen MR) is 122 cm³/mol. The summed E-state index contributed by atoms with van der Waals surface area (Å²) in [6.07, 6.45) is 5.75. The van der Waals surface area contributed by atoms with E-state index in [2.05, 4.69) is 19.2 Å². The van der Waals surface area contributed by atoms with E-state index in [0.29, 0.717) is 23.3 Å². The molecule has 33 heavy (non-hydrogen) atoms. The second-order valence-corrected chi connectivity index (χ2v) is 10.5. The van der Waals surface area contributed by atoms with Crippen molar-refractivity contribution in [3.8, 4) is 5.75 Å². The molecule has 2 aliphatic carbocycles. The van der Waals surface area contributed by atoms with Gasteiger partial charge in [0, 0.05) is 36.1 Å². The maximum Gasteiger partial charge on any atom is 0.336 e. The lowest BCUT2D eigenvalue weighted by molar-refractivity contribution is -0.385. The first kappa shape index (κ1) is 23.3. The molecule has 4 rings (SSSR count). The number of esters is 1. The highest BCUT2D eigenvalue weighted by molar-refractivity contribution is 5.95. The fourth-order valence-electron chi connectivity index (χ4n) is 5.87. The number of carbonyl (C=O) groups is 2. The second kappa shape index (κ2) is 8.80. The van der Waals surface area contributed by atoms with Gasteiger partial charge in [0.25, 0.3) is 0 Å². The van der Waals surface area contributed by atoms with Gasteiger partial charge in [0.15, 0.2) is 5.75 Å². The molecule has 0 radical (unpaired) electrons. The number of hydrogen-bond donors (Lipinski definition) is 2. The number of fused-ring (bicyclic) bond motifs is 1. The van der Waals surface area contributed by atoms with E-state index in [9.17, 15) is 24.8 Å². The molecule has 1 heterocycles. The standard InChI is InChI=1S/C25H32N2O6/c1-14-21(24(30)33-16-7-5-4-6-8-16)22(15-9-10-19(28)18(11-15)27(31)32)23-17(26-14)12-25(2,3)13-20(23)29/h9-11,16-17,22-23,26,28H,4-8,12-13H2,1-3H3. The van der Waals surface area contributed by atoms with Crippen molar-refractivity contribution >= 4 is 17.4 Å². The predicted octanol–water partition coefficient (Wildman–Crippen LogP) is 4.51. The molecule has 2 saturated carbocycles. The molecule has 8 nitrogen and oxygen atoms in total. The van der Waals surface area contributed by atoms with E-state index < -0.39 is 34.2 Å². The molecule has 0 aromatic heterocycles. The molecule has 3 atom stereocenters. The van der Waals surface area contributed by atoms with Crippen molar-refractivity contribution in [3.63, 3.8) is 0 Å². The van der Waals surface area contributed by atoms with Gasteiger partial charge in [-0.05, 0) is 56.1 Å². The molecule has 2 fully saturated rings. The van der Waals surface area contributed by atoms with Crippen LogP contribution in [0.5, 0.6) is 5.75 Å². The Kier molecular flexibility index (Phi) is 6.20. The van der Waals surface area contributed by atoms with E-state index in [-0.39, 0.29) is 23.3 Å². The molecule has 0 amide bonds. The fourth-order valence-corrected chi connectivity index (χ4v) is 5.87. The van der Waals surface area contributed by atoms with Crippen LogP contribution in [0.3, 0.4) is 0 Å². The van der Waals surface area contributed by atoms with Crippen LogP contribution >= 0.6 is 0 Å². The Balaban J connectivity index is 1.78. The summed E-state index contributed by atoms with van der Waals surface area (Å²) in [6, 6.07) is 3.94. The summed E-state index contributed by atoms with van der Waals surface area (Å²) in [4.78, 5) is 37.7. The van der Waals surface area contributed by atoms with Gasteiger partial charge in [-0.2, -0.15) is 0 Å². The van der Waals surface area contributed by atoms with Crippen LogP contribution in [0, 0.1) is 21.4 Å². The molecular weight excluding hydrogens is 424 g/mol. The van der Waals surface area contributed by atoms with Gasteiger partial charge in [0.2, 0.25) is 0 Å². The summed E-state index contributed by atoms with van der Waals surface area (Å²) in [5.41, 5.74) is 0.845. The number of phenolic OH excluding ortho intramolecular Hbond substituents is 1. The summed E-state index contributed by atoms with van der Waals surface area (Å²) in [6.45, 7) is 5.91. The number of carbonyl (C=O) groups excluding carboxylic acids is 2. The Morgan fingerprint density at radius 2 is 1.94 bits per heavy atom. The number of nitrogens with one attached hydrogen (secondary N) is 1. The number of allylic oxidation sites excluding steroid dienone is 1. The molecule has 0 saturated heterocycles. The third-order valence-electron chi connectivity index (χ3n) is 7.31. The van der Waals surface area contributed by atoms with Crippen molar-refractivity contribution < 1.29 is 24.4 Å². The first-order chi connectivity index (χ1) is 15.6. The van der Waals surface area contributed by atoms with Crippen LogP contribution in [0.25, 0.3) is 0 Å². The zero-order valence-corrected chi connectivity index (χ0v) is 19.4. The maximum atomic E-state index is 13.4. The first-order valence-corrected chi connectivity index (χ1v) is 11.8. The van der Waals surface area contributed by atoms with Crippen LogP contribution < -0.4 is 5.32 Å². The number of benzene rings is 1. The van der Waals surface area contributed by atoms with Crippen LogP contribution in [0.1, 0.15) is 77.2 Å². The Hall–Kier alpha value is -2.90. The quantitative estimate of drug-likeness (QED) is 0.389. The van der Waals surface area contributed by atoms with Crippen molar-refractivity contribution in [2.45, 2.75) is 83.8 Å². The number of Topliss-reactive ketones (excluding diaryl/α,β-unsaturated/α-hetero) is 1. The minimum atomic E-state index is -0.671. The zero-order valence-electron chi connectivity index (χ0n) is 19.4. The van der Waals surface area contributed by atoms with Crippen molar-refractivity contribution in [3.05, 3.63) is 45.1 Å². The van der Waals surface area contributed by atoms with Gasteiger partial charge < -0.3 is 15.2 Å². The van der Waals surface area contributed by atoms with Gasteiger partial charge in [0.1, 0.15) is 11.9 Å². The average Bonchev–Trinajstić information content (AvgIpc) is 2.72. The summed E-state index contributed by atoms with van der Waals surface area (Å²) in [5.74, 6) is -2.10. The molecule has 1 aromatic carbocycles. The van der Waals surface area contributed by atoms with E-state index in [0.717, 1.165) is 38.5 Å². The lowest BCUT2D eigenvalue weighted by atomic mass is 9.61. The lowest BCUT2D eigenvalue weighted by Crippen LogP contribution is -2.54. The van der Waals surface area contributed by atoms with Gasteiger partial charge in [-0.3, -0.25) is 14.9 Å². The smallest absolute Gasteiger partial charge is 0.336 e. The zero-order chi connectivity index (χ0) is 23.9. The minimum Gasteiger partial charge on any atom is -0.502 e. The SMILES string of the molecule is CC1=C(C(=O)OC2CCCCC2)C(c2ccc(O)c([N+](=O)[O-])c2)C2C(=O)CC(C)(C)CC2N1. The first-order valence-electron chi connectivity index (χ1n) is 11.8. The number of ketones is 1. The summed E-state index contributed by atoms with van der Waals surface area (Å²) in [5, 5.41) is 24.9. The molecule has 2 N–H and O–H groups in total. The van der Waals surface area contributed by atoms with E-state index in [1.54, 1.807) is 6.07 Å². The highest BCUT2D eigenvalue weighted by Gasteiger charge is 2.50. The Morgan fingerprint density at radius 1 is 1.24 bits per heavy atom. The maximum absolute atomic E-state index is 13.4. The van der Waals surface area contributed by atoms with Crippen LogP contribution in [0.4, 0.5) is 5.69 Å². The Bertz CT molecular complexity index is 1010. The van der Waals surface area contributed by atoms with Gasteiger partial charge in [0.05, 0.1) is 10.5 Å². The van der Waals surface area contributed by atoms with Crippen LogP contribution in [-0.4, -0.2) is 33.9 Å². The normalized spacial score (nSPS) is 27.5. The van der Waals surface area contributed by atoms with Crippen LogP contribution in [0.15, 0.2) is 29.5 Å². The summed E-state index contributed by atoms with van der Waals surface area (Å²) < 4.78 is 5.88. The van der Waals surface area contributed by atoms with E-state index in [1.165, 1.54) is 12.1 Å². The van der Waals surface area contributed by atoms with Crippen LogP contribution in [-0.2, 0) is 14.3 Å². The van der Waals surface area contributed by atoms with Gasteiger partial charge in [-0.1, -0.05) is 26.3 Å². The topological polar surface area (TPSA) is 119 Å². The second-order valence-electron chi connectivity index (χ2n) is 10.5. The van der Waals surface area contributed by atoms with E-state index in [1.807, 2.05) is 6.92 Å². The highest BCUT2D eigenvalue weighted by Crippen LogP contribution is 2.49. The molecule has 0 bridgehead atoms. The number of ether oxygens (including phenoxy) is 1. The van der Waals surface area contributed by atoms with Gasteiger partial charge in [-0.25, -0.2) is 4.79 Å². The minimum absolute atomic E-state index is 0.0277. The van der Waals surface area contributed by atoms with Crippen molar-refractivity contribution in [2.24, 2.45) is 11.3 Å². The molecule has 0 spiro atoms. The lowest BCUT2D eigenvalue weighted by Gasteiger charge is -2.47. The number of rotatable bonds is 4. The third-order valence-corrected chi connectivity index (χ3v) is 7.31. The van der Waals surface area contributed by atoms with Gasteiger partial charge in [-0.15, -0.1) is 0 Å². The largest absolute Gasteiger partial charge is 0.502 e. The Labute approximate surface area is 193 Å². The van der Waals surface area contributed by atoms with Gasteiger partial charge >= 0.3 is 11.7 Å². The monoisotopic (exact) mass is 456 g/mol. The number of nitro groups is 1. The third kappa shape index (κ3) is 4.61. The molecule has 8 heteroatoms. The fraction of sp³-hybridized carbons (Fsp3) is 0.600. The van der Waals surface area contributed by atoms with E-state index in [4.69, 9.17) is 4.74 Å². The highest BCUT2D eigenvalue weighted by atomic mass is 16.6. The number of phenols is 1. The molecule has 3 aliphatic rings. The summed E-state index contributed by atoms with van der Waals surface area (Å²) >= 11 is 0. The van der Waals surface area contributed by atoms with Crippen LogP contribution in [0.2, 0.25) is 0 Å².